The normalized spacial score (nSPS) is 11.0. The minimum absolute atomic E-state index is 0.519. The molecule has 1 N–H and O–H groups in total. The second-order valence-electron chi connectivity index (χ2n) is 4.59. The predicted octanol–water partition coefficient (Wildman–Crippen LogP) is 4.88. The Balaban J connectivity index is 1.66. The maximum atomic E-state index is 13.1. The predicted molar refractivity (Wildman–Crippen MR) is 83.2 cm³/mol. The summed E-state index contributed by atoms with van der Waals surface area (Å²) >= 11 is 7.43. The van der Waals surface area contributed by atoms with Crippen LogP contribution in [0, 0.1) is 11.6 Å². The summed E-state index contributed by atoms with van der Waals surface area (Å²) in [7, 11) is 0. The van der Waals surface area contributed by atoms with Crippen LogP contribution in [-0.2, 0) is 6.42 Å². The summed E-state index contributed by atoms with van der Waals surface area (Å²) in [5, 5.41) is 4.60. The molecule has 0 unspecified atom stereocenters. The Hall–Kier alpha value is -1.72. The molecule has 0 saturated heterocycles. The van der Waals surface area contributed by atoms with Gasteiger partial charge in [-0.15, -0.1) is 0 Å². The molecule has 6 heteroatoms. The molecule has 0 radical (unpaired) electrons. The summed E-state index contributed by atoms with van der Waals surface area (Å²) in [5.41, 5.74) is 1.49. The zero-order valence-corrected chi connectivity index (χ0v) is 12.4. The maximum absolute atomic E-state index is 13.1. The van der Waals surface area contributed by atoms with E-state index in [1.807, 2.05) is 12.1 Å². The molecule has 0 aliphatic carbocycles. The van der Waals surface area contributed by atoms with Crippen molar-refractivity contribution < 1.29 is 8.78 Å². The highest BCUT2D eigenvalue weighted by Gasteiger charge is 2.05. The molecule has 21 heavy (non-hydrogen) atoms. The van der Waals surface area contributed by atoms with Crippen molar-refractivity contribution in [1.29, 1.82) is 0 Å². The number of anilines is 1. The molecule has 0 atom stereocenters. The van der Waals surface area contributed by atoms with Crippen molar-refractivity contribution in [3.05, 3.63) is 58.6 Å². The first kappa shape index (κ1) is 14.2. The van der Waals surface area contributed by atoms with E-state index in [4.69, 9.17) is 11.6 Å². The number of hydrogen-bond acceptors (Lipinski definition) is 3. The molecule has 1 aromatic heterocycles. The average molecular weight is 325 g/mol. The Labute approximate surface area is 129 Å². The molecule has 2 nitrogen and oxygen atoms in total. The third-order valence-electron chi connectivity index (χ3n) is 2.96. The van der Waals surface area contributed by atoms with Gasteiger partial charge in [-0.2, -0.15) is 0 Å². The third kappa shape index (κ3) is 3.49. The van der Waals surface area contributed by atoms with Crippen LogP contribution in [0.1, 0.15) is 5.56 Å². The fraction of sp³-hybridized carbons (Fsp3) is 0.133. The Bertz CT molecular complexity index is 768. The summed E-state index contributed by atoms with van der Waals surface area (Å²) in [4.78, 5) is 4.42. The van der Waals surface area contributed by atoms with Gasteiger partial charge in [0, 0.05) is 17.6 Å². The number of aromatic nitrogens is 1. The van der Waals surface area contributed by atoms with Crippen LogP contribution in [0.5, 0.6) is 0 Å². The molecule has 0 aliphatic rings. The molecule has 0 spiro atoms. The minimum atomic E-state index is -0.556. The second kappa shape index (κ2) is 5.95. The molecule has 0 fully saturated rings. The van der Waals surface area contributed by atoms with E-state index in [1.165, 1.54) is 23.5 Å². The van der Waals surface area contributed by atoms with Crippen LogP contribution < -0.4 is 5.32 Å². The summed E-state index contributed by atoms with van der Waals surface area (Å²) in [6, 6.07) is 9.06. The first-order chi connectivity index (χ1) is 10.1. The summed E-state index contributed by atoms with van der Waals surface area (Å²) in [6.07, 6.45) is 0.519. The molecule has 3 rings (SSSR count). The summed E-state index contributed by atoms with van der Waals surface area (Å²) < 4.78 is 27.1. The lowest BCUT2D eigenvalue weighted by Crippen LogP contribution is -2.05. The lowest BCUT2D eigenvalue weighted by molar-refractivity contribution is 0.580. The van der Waals surface area contributed by atoms with Gasteiger partial charge in [0.25, 0.3) is 0 Å². The fourth-order valence-corrected chi connectivity index (χ4v) is 3.21. The lowest BCUT2D eigenvalue weighted by atomic mass is 10.1. The topological polar surface area (TPSA) is 24.9 Å². The van der Waals surface area contributed by atoms with E-state index in [1.54, 1.807) is 6.07 Å². The van der Waals surface area contributed by atoms with Gasteiger partial charge in [0.2, 0.25) is 0 Å². The molecule has 0 amide bonds. The van der Waals surface area contributed by atoms with Crippen LogP contribution in [0.3, 0.4) is 0 Å². The summed E-state index contributed by atoms with van der Waals surface area (Å²) in [6.45, 7) is 0.552. The molecular formula is C15H11ClF2N2S. The number of hydrogen-bond donors (Lipinski definition) is 1. The summed E-state index contributed by atoms with van der Waals surface area (Å²) in [5.74, 6) is -1.11. The van der Waals surface area contributed by atoms with Crippen LogP contribution >= 0.6 is 22.9 Å². The van der Waals surface area contributed by atoms with Crippen LogP contribution in [0.15, 0.2) is 36.4 Å². The van der Waals surface area contributed by atoms with E-state index in [9.17, 15) is 8.78 Å². The second-order valence-corrected chi connectivity index (χ2v) is 6.05. The minimum Gasteiger partial charge on any atom is -0.361 e. The lowest BCUT2D eigenvalue weighted by Gasteiger charge is -2.03. The zero-order valence-electron chi connectivity index (χ0n) is 10.9. The van der Waals surface area contributed by atoms with E-state index in [0.717, 1.165) is 21.4 Å². The van der Waals surface area contributed by atoms with Gasteiger partial charge in [0.05, 0.1) is 10.2 Å². The van der Waals surface area contributed by atoms with E-state index in [-0.39, 0.29) is 0 Å². The van der Waals surface area contributed by atoms with Crippen molar-refractivity contribution in [1.82, 2.24) is 4.98 Å². The van der Waals surface area contributed by atoms with Gasteiger partial charge in [-0.3, -0.25) is 0 Å². The van der Waals surface area contributed by atoms with E-state index >= 15 is 0 Å². The molecule has 108 valence electrons. The van der Waals surface area contributed by atoms with Crippen molar-refractivity contribution in [3.63, 3.8) is 0 Å². The van der Waals surface area contributed by atoms with Crippen molar-refractivity contribution in [3.8, 4) is 0 Å². The van der Waals surface area contributed by atoms with Gasteiger partial charge in [0.1, 0.15) is 11.6 Å². The van der Waals surface area contributed by atoms with Gasteiger partial charge in [0.15, 0.2) is 5.13 Å². The standard InChI is InChI=1S/C15H11ClF2N2S/c16-10-1-2-13-14(7-10)21-15(20-13)19-4-3-9-5-11(17)8-12(18)6-9/h1-2,5-8H,3-4H2,(H,19,20). The van der Waals surface area contributed by atoms with E-state index in [2.05, 4.69) is 10.3 Å². The van der Waals surface area contributed by atoms with Gasteiger partial charge >= 0.3 is 0 Å². The van der Waals surface area contributed by atoms with Crippen molar-refractivity contribution in [2.45, 2.75) is 6.42 Å². The van der Waals surface area contributed by atoms with Gasteiger partial charge in [-0.25, -0.2) is 13.8 Å². The molecule has 3 aromatic rings. The van der Waals surface area contributed by atoms with E-state index in [0.29, 0.717) is 23.6 Å². The Morgan fingerprint density at radius 2 is 1.86 bits per heavy atom. The fourth-order valence-electron chi connectivity index (χ4n) is 2.04. The first-order valence-corrected chi connectivity index (χ1v) is 7.54. The highest BCUT2D eigenvalue weighted by Crippen LogP contribution is 2.28. The number of halogens is 3. The molecular weight excluding hydrogens is 314 g/mol. The van der Waals surface area contributed by atoms with Crippen LogP contribution in [0.4, 0.5) is 13.9 Å². The Kier molecular flexibility index (Phi) is 4.03. The molecule has 0 bridgehead atoms. The number of rotatable bonds is 4. The van der Waals surface area contributed by atoms with E-state index < -0.39 is 11.6 Å². The number of nitrogens with one attached hydrogen (secondary N) is 1. The first-order valence-electron chi connectivity index (χ1n) is 6.35. The highest BCUT2D eigenvalue weighted by atomic mass is 35.5. The molecule has 0 saturated carbocycles. The van der Waals surface area contributed by atoms with Crippen molar-refractivity contribution >= 4 is 38.3 Å². The Morgan fingerprint density at radius 1 is 1.10 bits per heavy atom. The number of thiazole rings is 1. The van der Waals surface area contributed by atoms with Crippen molar-refractivity contribution in [2.24, 2.45) is 0 Å². The quantitative estimate of drug-likeness (QED) is 0.739. The number of benzene rings is 2. The smallest absolute Gasteiger partial charge is 0.183 e. The van der Waals surface area contributed by atoms with Gasteiger partial charge in [-0.05, 0) is 42.3 Å². The maximum Gasteiger partial charge on any atom is 0.183 e. The van der Waals surface area contributed by atoms with Gasteiger partial charge < -0.3 is 5.32 Å². The zero-order chi connectivity index (χ0) is 14.8. The van der Waals surface area contributed by atoms with Crippen molar-refractivity contribution in [2.75, 3.05) is 11.9 Å². The number of fused-ring (bicyclic) bond motifs is 1. The van der Waals surface area contributed by atoms with Gasteiger partial charge in [-0.1, -0.05) is 22.9 Å². The highest BCUT2D eigenvalue weighted by molar-refractivity contribution is 7.22. The molecule has 1 heterocycles. The Morgan fingerprint density at radius 3 is 2.62 bits per heavy atom. The molecule has 0 aliphatic heterocycles. The average Bonchev–Trinajstić information content (AvgIpc) is 2.79. The largest absolute Gasteiger partial charge is 0.361 e. The van der Waals surface area contributed by atoms with Crippen LogP contribution in [0.25, 0.3) is 10.2 Å². The monoisotopic (exact) mass is 324 g/mol. The SMILES string of the molecule is Fc1cc(F)cc(CCNc2nc3ccc(Cl)cc3s2)c1. The molecule has 2 aromatic carbocycles. The number of nitrogens with zero attached hydrogens (tertiary/aromatic N) is 1. The van der Waals surface area contributed by atoms with Crippen LogP contribution in [0.2, 0.25) is 5.02 Å². The third-order valence-corrected chi connectivity index (χ3v) is 4.17. The van der Waals surface area contributed by atoms with Crippen LogP contribution in [-0.4, -0.2) is 11.5 Å².